The maximum atomic E-state index is 10.8. The zero-order chi connectivity index (χ0) is 14.1. The fourth-order valence-corrected chi connectivity index (χ4v) is 2.50. The lowest BCUT2D eigenvalue weighted by Crippen LogP contribution is -2.31. The molecule has 0 unspecified atom stereocenters. The number of rotatable bonds is 2. The van der Waals surface area contributed by atoms with Crippen molar-refractivity contribution < 1.29 is 4.92 Å². The molecule has 0 saturated heterocycles. The summed E-state index contributed by atoms with van der Waals surface area (Å²) in [5.74, 6) is 0.619. The first-order chi connectivity index (χ1) is 9.65. The minimum Gasteiger partial charge on any atom is -0.398 e. The molecule has 0 amide bonds. The second-order valence-corrected chi connectivity index (χ2v) is 4.79. The Morgan fingerprint density at radius 1 is 1.35 bits per heavy atom. The predicted molar refractivity (Wildman–Crippen MR) is 76.5 cm³/mol. The number of benzene rings is 1. The smallest absolute Gasteiger partial charge is 0.274 e. The molecule has 0 radical (unpaired) electrons. The molecule has 1 aromatic heterocycles. The molecule has 1 aliphatic heterocycles. The number of nitrogens with zero attached hydrogens (tertiary/aromatic N) is 3. The highest BCUT2D eigenvalue weighted by atomic mass is 16.6. The zero-order valence-corrected chi connectivity index (χ0v) is 10.8. The van der Waals surface area contributed by atoms with Crippen LogP contribution in [0.5, 0.6) is 0 Å². The molecular weight excluding hydrogens is 256 g/mol. The van der Waals surface area contributed by atoms with E-state index in [0.29, 0.717) is 12.4 Å². The van der Waals surface area contributed by atoms with Crippen LogP contribution in [0.15, 0.2) is 36.5 Å². The van der Waals surface area contributed by atoms with Crippen molar-refractivity contribution >= 4 is 17.2 Å². The Bertz CT molecular complexity index is 672. The van der Waals surface area contributed by atoms with Gasteiger partial charge in [-0.25, -0.2) is 4.98 Å². The lowest BCUT2D eigenvalue weighted by atomic mass is 9.98. The number of anilines is 2. The van der Waals surface area contributed by atoms with Crippen LogP contribution in [0.2, 0.25) is 0 Å². The molecule has 6 nitrogen and oxygen atoms in total. The van der Waals surface area contributed by atoms with Gasteiger partial charge in [-0.05, 0) is 23.6 Å². The van der Waals surface area contributed by atoms with Crippen LogP contribution in [-0.4, -0.2) is 16.5 Å². The van der Waals surface area contributed by atoms with Gasteiger partial charge < -0.3 is 10.6 Å². The minimum absolute atomic E-state index is 0.0573. The van der Waals surface area contributed by atoms with Gasteiger partial charge in [-0.15, -0.1) is 0 Å². The zero-order valence-electron chi connectivity index (χ0n) is 10.8. The Balaban J connectivity index is 1.92. The first kappa shape index (κ1) is 12.4. The van der Waals surface area contributed by atoms with Crippen molar-refractivity contribution in [1.29, 1.82) is 0 Å². The molecule has 2 N–H and O–H groups in total. The largest absolute Gasteiger partial charge is 0.398 e. The summed E-state index contributed by atoms with van der Waals surface area (Å²) in [6.07, 6.45) is 2.34. The molecule has 6 heteroatoms. The van der Waals surface area contributed by atoms with Gasteiger partial charge in [-0.3, -0.25) is 10.1 Å². The molecule has 0 fully saturated rings. The third-order valence-electron chi connectivity index (χ3n) is 3.57. The molecule has 0 bridgehead atoms. The number of nitro groups is 1. The van der Waals surface area contributed by atoms with Crippen LogP contribution in [0.3, 0.4) is 0 Å². The van der Waals surface area contributed by atoms with Crippen molar-refractivity contribution in [1.82, 2.24) is 4.98 Å². The number of aromatic nitrogens is 1. The Kier molecular flexibility index (Phi) is 2.98. The number of hydrogen-bond donors (Lipinski definition) is 1. The molecule has 0 saturated carbocycles. The predicted octanol–water partition coefficient (Wildman–Crippen LogP) is 2.13. The van der Waals surface area contributed by atoms with Gasteiger partial charge in [0.15, 0.2) is 0 Å². The molecule has 3 rings (SSSR count). The van der Waals surface area contributed by atoms with Crippen molar-refractivity contribution in [3.8, 4) is 0 Å². The van der Waals surface area contributed by atoms with Crippen molar-refractivity contribution in [2.75, 3.05) is 17.2 Å². The Morgan fingerprint density at radius 2 is 2.20 bits per heavy atom. The minimum atomic E-state index is -0.405. The van der Waals surface area contributed by atoms with E-state index < -0.39 is 4.92 Å². The van der Waals surface area contributed by atoms with E-state index in [1.807, 2.05) is 17.0 Å². The summed E-state index contributed by atoms with van der Waals surface area (Å²) in [6.45, 7) is 1.42. The average Bonchev–Trinajstić information content (AvgIpc) is 2.47. The first-order valence-corrected chi connectivity index (χ1v) is 6.37. The van der Waals surface area contributed by atoms with Crippen LogP contribution in [0.4, 0.5) is 17.2 Å². The van der Waals surface area contributed by atoms with E-state index in [1.165, 1.54) is 23.9 Å². The Hall–Kier alpha value is -2.63. The van der Waals surface area contributed by atoms with Gasteiger partial charge >= 0.3 is 0 Å². The van der Waals surface area contributed by atoms with Gasteiger partial charge in [-0.2, -0.15) is 0 Å². The fourth-order valence-electron chi connectivity index (χ4n) is 2.50. The third-order valence-corrected chi connectivity index (χ3v) is 3.57. The van der Waals surface area contributed by atoms with Crippen LogP contribution < -0.4 is 10.6 Å². The molecule has 1 aromatic carbocycles. The fraction of sp³-hybridized carbons (Fsp3) is 0.214. The van der Waals surface area contributed by atoms with Crippen molar-refractivity contribution in [2.45, 2.75) is 13.0 Å². The van der Waals surface area contributed by atoms with E-state index in [1.54, 1.807) is 0 Å². The van der Waals surface area contributed by atoms with Crippen LogP contribution in [0.25, 0.3) is 0 Å². The van der Waals surface area contributed by atoms with Crippen molar-refractivity contribution in [3.05, 3.63) is 57.8 Å². The van der Waals surface area contributed by atoms with Gasteiger partial charge in [-0.1, -0.05) is 12.1 Å². The second kappa shape index (κ2) is 4.80. The summed E-state index contributed by atoms with van der Waals surface area (Å²) >= 11 is 0. The SMILES string of the molecule is Nc1cccc2c1CN(c1cc([N+](=O)[O-])ccn1)CC2. The van der Waals surface area contributed by atoms with Gasteiger partial charge in [0.05, 0.1) is 11.0 Å². The van der Waals surface area contributed by atoms with Crippen LogP contribution in [0.1, 0.15) is 11.1 Å². The van der Waals surface area contributed by atoms with E-state index >= 15 is 0 Å². The monoisotopic (exact) mass is 270 g/mol. The molecule has 20 heavy (non-hydrogen) atoms. The van der Waals surface area contributed by atoms with E-state index in [4.69, 9.17) is 5.73 Å². The maximum absolute atomic E-state index is 10.8. The van der Waals surface area contributed by atoms with Crippen molar-refractivity contribution in [3.63, 3.8) is 0 Å². The number of nitrogen functional groups attached to an aromatic ring is 1. The highest BCUT2D eigenvalue weighted by Crippen LogP contribution is 2.28. The standard InChI is InChI=1S/C14H14N4O2/c15-13-3-1-2-10-5-7-17(9-12(10)13)14-8-11(18(19)20)4-6-16-14/h1-4,6,8H,5,7,9,15H2. The molecule has 2 aromatic rings. The Morgan fingerprint density at radius 3 is 3.00 bits per heavy atom. The molecule has 0 atom stereocenters. The van der Waals surface area contributed by atoms with Gasteiger partial charge in [0, 0.05) is 31.0 Å². The van der Waals surface area contributed by atoms with Crippen molar-refractivity contribution in [2.24, 2.45) is 0 Å². The second-order valence-electron chi connectivity index (χ2n) is 4.79. The number of nitrogens with two attached hydrogens (primary N) is 1. The summed E-state index contributed by atoms with van der Waals surface area (Å²) in [5, 5.41) is 10.8. The van der Waals surface area contributed by atoms with E-state index in [2.05, 4.69) is 11.1 Å². The quantitative estimate of drug-likeness (QED) is 0.513. The van der Waals surface area contributed by atoms with Gasteiger partial charge in [0.2, 0.25) is 0 Å². The lowest BCUT2D eigenvalue weighted by Gasteiger charge is -2.30. The number of hydrogen-bond acceptors (Lipinski definition) is 5. The molecule has 102 valence electrons. The summed E-state index contributed by atoms with van der Waals surface area (Å²) in [7, 11) is 0. The van der Waals surface area contributed by atoms with Crippen LogP contribution in [0, 0.1) is 10.1 Å². The highest BCUT2D eigenvalue weighted by molar-refractivity contribution is 5.56. The summed E-state index contributed by atoms with van der Waals surface area (Å²) in [4.78, 5) is 16.7. The van der Waals surface area contributed by atoms with E-state index in [0.717, 1.165) is 24.2 Å². The molecule has 2 heterocycles. The molecular formula is C14H14N4O2. The van der Waals surface area contributed by atoms with Crippen LogP contribution >= 0.6 is 0 Å². The lowest BCUT2D eigenvalue weighted by molar-refractivity contribution is -0.384. The number of pyridine rings is 1. The molecule has 0 aliphatic carbocycles. The highest BCUT2D eigenvalue weighted by Gasteiger charge is 2.20. The van der Waals surface area contributed by atoms with E-state index in [9.17, 15) is 10.1 Å². The number of fused-ring (bicyclic) bond motifs is 1. The van der Waals surface area contributed by atoms with Crippen LogP contribution in [-0.2, 0) is 13.0 Å². The van der Waals surface area contributed by atoms with Gasteiger partial charge in [0.25, 0.3) is 5.69 Å². The third kappa shape index (κ3) is 2.16. The summed E-state index contributed by atoms with van der Waals surface area (Å²) < 4.78 is 0. The molecule has 0 spiro atoms. The van der Waals surface area contributed by atoms with Gasteiger partial charge in [0.1, 0.15) is 5.82 Å². The topological polar surface area (TPSA) is 85.3 Å². The molecule has 1 aliphatic rings. The average molecular weight is 270 g/mol. The normalized spacial score (nSPS) is 13.9. The summed E-state index contributed by atoms with van der Waals surface area (Å²) in [5.41, 5.74) is 9.16. The Labute approximate surface area is 116 Å². The maximum Gasteiger partial charge on any atom is 0.274 e. The first-order valence-electron chi connectivity index (χ1n) is 6.37. The van der Waals surface area contributed by atoms with E-state index in [-0.39, 0.29) is 5.69 Å². The summed E-state index contributed by atoms with van der Waals surface area (Å²) in [6, 6.07) is 8.81.